The van der Waals surface area contributed by atoms with Gasteiger partial charge in [0.2, 0.25) is 0 Å². The number of fused-ring (bicyclic) bond motifs is 3. The number of aromatic nitrogens is 2. The maximum absolute atomic E-state index is 9.52. The molecule has 3 heterocycles. The molecule has 11 aromatic rings. The van der Waals surface area contributed by atoms with E-state index in [1.54, 1.807) is 0 Å². The topological polar surface area (TPSA) is 58.8 Å². The van der Waals surface area contributed by atoms with E-state index in [0.717, 1.165) is 55.7 Å². The van der Waals surface area contributed by atoms with Crippen molar-refractivity contribution in [1.29, 1.82) is 5.26 Å². The van der Waals surface area contributed by atoms with Gasteiger partial charge in [-0.15, -0.1) is 0 Å². The summed E-state index contributed by atoms with van der Waals surface area (Å²) in [6, 6.07) is 60.4. The number of hydrogen-bond donors (Lipinski definition) is 0. The first-order chi connectivity index (χ1) is 28.2. The molecule has 1 aliphatic heterocycles. The van der Waals surface area contributed by atoms with Crippen LogP contribution in [0.2, 0.25) is 0 Å². The Balaban J connectivity index is 1.03. The summed E-state index contributed by atoms with van der Waals surface area (Å²) < 4.78 is 6.44. The molecule has 12 rings (SSSR count). The van der Waals surface area contributed by atoms with Crippen molar-refractivity contribution in [2.24, 2.45) is 0 Å². The molecular weight excluding hydrogens is 695 g/mol. The number of nitrogens with zero attached hydrogens (tertiary/aromatic N) is 3. The highest BCUT2D eigenvalue weighted by molar-refractivity contribution is 6.28. The van der Waals surface area contributed by atoms with Crippen LogP contribution in [0.15, 0.2) is 176 Å². The van der Waals surface area contributed by atoms with Gasteiger partial charge in [0.25, 0.3) is 0 Å². The van der Waals surface area contributed by atoms with Gasteiger partial charge in [-0.25, -0.2) is 4.98 Å². The third-order valence-corrected chi connectivity index (χ3v) is 11.8. The largest absolute Gasteiger partial charge is 0.456 e. The lowest BCUT2D eigenvalue weighted by atomic mass is 9.85. The molecule has 9 aromatic carbocycles. The maximum Gasteiger partial charge on any atom is 0.136 e. The lowest BCUT2D eigenvalue weighted by Gasteiger charge is -2.23. The van der Waals surface area contributed by atoms with E-state index in [9.17, 15) is 5.26 Å². The lowest BCUT2D eigenvalue weighted by molar-refractivity contribution is 0.487. The maximum atomic E-state index is 9.52. The summed E-state index contributed by atoms with van der Waals surface area (Å²) in [7, 11) is 0. The molecule has 262 valence electrons. The number of hydrogen-bond acceptors (Lipinski definition) is 4. The van der Waals surface area contributed by atoms with Crippen LogP contribution in [0.3, 0.4) is 0 Å². The average molecular weight is 724 g/mol. The predicted octanol–water partition coefficient (Wildman–Crippen LogP) is 14.0. The van der Waals surface area contributed by atoms with Gasteiger partial charge < -0.3 is 4.74 Å². The molecule has 2 aromatic heterocycles. The van der Waals surface area contributed by atoms with E-state index in [-0.39, 0.29) is 0 Å². The third kappa shape index (κ3) is 4.67. The molecule has 1 aliphatic rings. The molecule has 0 unspecified atom stereocenters. The highest BCUT2D eigenvalue weighted by Gasteiger charge is 2.23. The Labute approximate surface area is 327 Å². The lowest BCUT2D eigenvalue weighted by Crippen LogP contribution is -1.98. The second kappa shape index (κ2) is 12.1. The average Bonchev–Trinajstić information content (AvgIpc) is 3.28. The summed E-state index contributed by atoms with van der Waals surface area (Å²) >= 11 is 0. The van der Waals surface area contributed by atoms with Crippen LogP contribution in [-0.2, 0) is 0 Å². The Morgan fingerprint density at radius 2 is 0.965 bits per heavy atom. The zero-order valence-corrected chi connectivity index (χ0v) is 30.5. The van der Waals surface area contributed by atoms with E-state index in [0.29, 0.717) is 11.3 Å². The van der Waals surface area contributed by atoms with E-state index in [1.165, 1.54) is 59.8 Å². The molecule has 0 fully saturated rings. The Hall–Kier alpha value is -7.87. The van der Waals surface area contributed by atoms with Gasteiger partial charge in [-0.05, 0) is 125 Å². The van der Waals surface area contributed by atoms with Crippen LogP contribution < -0.4 is 4.74 Å². The summed E-state index contributed by atoms with van der Waals surface area (Å²) in [6.07, 6.45) is 3.62. The fraction of sp³-hybridized carbons (Fsp3) is 0. The van der Waals surface area contributed by atoms with Gasteiger partial charge in [0.15, 0.2) is 0 Å². The second-order valence-electron chi connectivity index (χ2n) is 14.8. The Kier molecular flexibility index (Phi) is 6.66. The van der Waals surface area contributed by atoms with Crippen LogP contribution in [-0.4, -0.2) is 9.97 Å². The monoisotopic (exact) mass is 723 g/mol. The fourth-order valence-corrected chi connectivity index (χ4v) is 9.23. The minimum absolute atomic E-state index is 0.586. The van der Waals surface area contributed by atoms with Gasteiger partial charge in [-0.1, -0.05) is 115 Å². The van der Waals surface area contributed by atoms with Crippen molar-refractivity contribution in [2.75, 3.05) is 0 Å². The SMILES string of the molecule is N#Cc1ccc2c(c1)Oc1ccc(-c3ccc(-c4ccc5ccc6c(-c7cccc(-c8ccncc8)n7)ccc7ccc4c5c76)c4ccccc34)c3cccc-2c13. The Morgan fingerprint density at radius 1 is 0.404 bits per heavy atom. The first-order valence-electron chi connectivity index (χ1n) is 19.1. The number of pyridine rings is 2. The van der Waals surface area contributed by atoms with Gasteiger partial charge >= 0.3 is 0 Å². The first kappa shape index (κ1) is 31.5. The first-order valence-corrected chi connectivity index (χ1v) is 19.1. The van der Waals surface area contributed by atoms with Crippen LogP contribution in [0.4, 0.5) is 0 Å². The van der Waals surface area contributed by atoms with Crippen molar-refractivity contribution in [3.8, 4) is 73.5 Å². The van der Waals surface area contributed by atoms with E-state index >= 15 is 0 Å². The molecule has 4 nitrogen and oxygen atoms in total. The van der Waals surface area contributed by atoms with Crippen LogP contribution in [0.25, 0.3) is 110 Å². The summed E-state index contributed by atoms with van der Waals surface area (Å²) in [5.41, 5.74) is 11.5. The summed E-state index contributed by atoms with van der Waals surface area (Å²) in [5.74, 6) is 1.52. The number of ether oxygens (including phenoxy) is 1. The van der Waals surface area contributed by atoms with Crippen molar-refractivity contribution in [3.05, 3.63) is 182 Å². The van der Waals surface area contributed by atoms with E-state index < -0.39 is 0 Å². The minimum atomic E-state index is 0.586. The molecule has 57 heavy (non-hydrogen) atoms. The van der Waals surface area contributed by atoms with E-state index in [2.05, 4.69) is 145 Å². The minimum Gasteiger partial charge on any atom is -0.456 e. The molecule has 0 atom stereocenters. The van der Waals surface area contributed by atoms with Gasteiger partial charge in [0.05, 0.1) is 23.0 Å². The number of nitriles is 1. The van der Waals surface area contributed by atoms with Crippen molar-refractivity contribution in [1.82, 2.24) is 9.97 Å². The molecule has 0 radical (unpaired) electrons. The molecule has 0 spiro atoms. The van der Waals surface area contributed by atoms with Gasteiger partial charge in [0, 0.05) is 34.5 Å². The Morgan fingerprint density at radius 3 is 1.70 bits per heavy atom. The number of rotatable bonds is 4. The standard InChI is InChI=1S/C53H29N3O/c54-30-31-11-16-42-44-8-3-7-43-40(23-24-49(53(43)44)57-50(42)29-31)38-22-21-37(35-5-1-2-6-36(35)38)39-17-12-33-15-20-46-41(18-13-34-14-19-45(39)51(33)52(34)46)48-10-4-9-47(56-48)32-25-27-55-28-26-32/h1-29H. The summed E-state index contributed by atoms with van der Waals surface area (Å²) in [5, 5.41) is 21.5. The zero-order chi connectivity index (χ0) is 37.6. The Bertz CT molecular complexity index is 3510. The van der Waals surface area contributed by atoms with Crippen molar-refractivity contribution in [3.63, 3.8) is 0 Å². The van der Waals surface area contributed by atoms with Gasteiger partial charge in [-0.3, -0.25) is 4.98 Å². The molecule has 0 saturated carbocycles. The quantitative estimate of drug-likeness (QED) is 0.170. The van der Waals surface area contributed by atoms with Gasteiger partial charge in [0.1, 0.15) is 11.5 Å². The summed E-state index contributed by atoms with van der Waals surface area (Å²) in [6.45, 7) is 0. The van der Waals surface area contributed by atoms with Crippen LogP contribution in [0.1, 0.15) is 5.56 Å². The zero-order valence-electron chi connectivity index (χ0n) is 30.5. The second-order valence-corrected chi connectivity index (χ2v) is 14.8. The van der Waals surface area contributed by atoms with E-state index in [4.69, 9.17) is 9.72 Å². The molecule has 0 aliphatic carbocycles. The smallest absolute Gasteiger partial charge is 0.136 e. The molecule has 0 N–H and O–H groups in total. The van der Waals surface area contributed by atoms with Gasteiger partial charge in [-0.2, -0.15) is 5.26 Å². The third-order valence-electron chi connectivity index (χ3n) is 11.8. The fourth-order valence-electron chi connectivity index (χ4n) is 9.23. The molecule has 0 saturated heterocycles. The van der Waals surface area contributed by atoms with Crippen LogP contribution in [0.5, 0.6) is 11.5 Å². The predicted molar refractivity (Wildman–Crippen MR) is 233 cm³/mol. The molecular formula is C53H29N3O. The van der Waals surface area contributed by atoms with E-state index in [1.807, 2.05) is 42.7 Å². The normalized spacial score (nSPS) is 12.0. The molecule has 0 amide bonds. The number of benzene rings is 9. The van der Waals surface area contributed by atoms with Crippen LogP contribution in [0, 0.1) is 11.3 Å². The molecule has 4 heteroatoms. The molecule has 0 bridgehead atoms. The van der Waals surface area contributed by atoms with Crippen LogP contribution >= 0.6 is 0 Å². The van der Waals surface area contributed by atoms with Crippen molar-refractivity contribution >= 4 is 53.9 Å². The van der Waals surface area contributed by atoms with Crippen molar-refractivity contribution < 1.29 is 4.74 Å². The highest BCUT2D eigenvalue weighted by atomic mass is 16.5. The van der Waals surface area contributed by atoms with Crippen molar-refractivity contribution in [2.45, 2.75) is 0 Å². The highest BCUT2D eigenvalue weighted by Crippen LogP contribution is 2.50. The summed E-state index contributed by atoms with van der Waals surface area (Å²) in [4.78, 5) is 9.33.